The van der Waals surface area contributed by atoms with Gasteiger partial charge in [-0.25, -0.2) is 0 Å². The van der Waals surface area contributed by atoms with Crippen LogP contribution in [0.5, 0.6) is 5.75 Å². The highest BCUT2D eigenvalue weighted by molar-refractivity contribution is 6.31. The average molecular weight is 395 g/mol. The second-order valence-electron chi connectivity index (χ2n) is 5.44. The number of non-ortho nitro benzene ring substituents is 1. The fourth-order valence-corrected chi connectivity index (χ4v) is 2.53. The summed E-state index contributed by atoms with van der Waals surface area (Å²) in [5, 5.41) is 25.0. The number of amides is 1. The van der Waals surface area contributed by atoms with Crippen LogP contribution in [0.2, 0.25) is 5.02 Å². The molecule has 0 aliphatic carbocycles. The number of benzene rings is 2. The molecule has 0 bridgehead atoms. The Kier molecular flexibility index (Phi) is 6.14. The second-order valence-corrected chi connectivity index (χ2v) is 5.87. The van der Waals surface area contributed by atoms with Gasteiger partial charge in [-0.15, -0.1) is 0 Å². The molecular weight excluding hydrogens is 380 g/mol. The Morgan fingerprint density at radius 2 is 1.89 bits per heavy atom. The molecule has 27 heavy (non-hydrogen) atoms. The van der Waals surface area contributed by atoms with Gasteiger partial charge < -0.3 is 15.0 Å². The minimum Gasteiger partial charge on any atom is -0.495 e. The van der Waals surface area contributed by atoms with Crippen molar-refractivity contribution < 1.29 is 19.4 Å². The van der Waals surface area contributed by atoms with Gasteiger partial charge in [0, 0.05) is 18.1 Å². The van der Waals surface area contributed by atoms with Crippen LogP contribution < -0.4 is 15.0 Å². The SMILES string of the molecule is COc1ccc(Cl)cc1NC(=O)CN(C)c1ccc([N+](=O)[O-])cc1[N+](=O)[O-]. The predicted molar refractivity (Wildman–Crippen MR) is 99.7 cm³/mol. The number of ether oxygens (including phenoxy) is 1. The van der Waals surface area contributed by atoms with Crippen molar-refractivity contribution in [2.24, 2.45) is 0 Å². The molecule has 0 radical (unpaired) electrons. The van der Waals surface area contributed by atoms with Gasteiger partial charge in [0.2, 0.25) is 5.91 Å². The lowest BCUT2D eigenvalue weighted by molar-refractivity contribution is -0.393. The Hall–Kier alpha value is -3.40. The van der Waals surface area contributed by atoms with Crippen LogP contribution in [0.25, 0.3) is 0 Å². The number of carbonyl (C=O) groups excluding carboxylic acids is 1. The summed E-state index contributed by atoms with van der Waals surface area (Å²) in [4.78, 5) is 34.2. The lowest BCUT2D eigenvalue weighted by Crippen LogP contribution is -2.30. The monoisotopic (exact) mass is 394 g/mol. The number of rotatable bonds is 7. The minimum absolute atomic E-state index is 0.0683. The van der Waals surface area contributed by atoms with Gasteiger partial charge in [-0.2, -0.15) is 0 Å². The van der Waals surface area contributed by atoms with Gasteiger partial charge in [0.1, 0.15) is 11.4 Å². The molecule has 0 aliphatic heterocycles. The molecule has 0 atom stereocenters. The molecule has 0 saturated carbocycles. The molecule has 0 fully saturated rings. The molecule has 0 saturated heterocycles. The number of hydrogen-bond acceptors (Lipinski definition) is 7. The van der Waals surface area contributed by atoms with E-state index in [9.17, 15) is 25.0 Å². The highest BCUT2D eigenvalue weighted by Crippen LogP contribution is 2.32. The Morgan fingerprint density at radius 3 is 2.48 bits per heavy atom. The van der Waals surface area contributed by atoms with Crippen LogP contribution in [0.1, 0.15) is 0 Å². The fraction of sp³-hybridized carbons (Fsp3) is 0.188. The molecule has 10 nitrogen and oxygen atoms in total. The van der Waals surface area contributed by atoms with Crippen molar-refractivity contribution in [2.45, 2.75) is 0 Å². The second kappa shape index (κ2) is 8.32. The summed E-state index contributed by atoms with van der Waals surface area (Å²) in [5.74, 6) is -0.0811. The molecule has 2 aromatic carbocycles. The molecule has 11 heteroatoms. The van der Waals surface area contributed by atoms with Crippen LogP contribution in [0.15, 0.2) is 36.4 Å². The molecule has 2 aromatic rings. The molecule has 0 aliphatic rings. The van der Waals surface area contributed by atoms with Crippen molar-refractivity contribution in [1.29, 1.82) is 0 Å². The fourth-order valence-electron chi connectivity index (χ4n) is 2.36. The Bertz CT molecular complexity index is 904. The number of nitro groups is 2. The first-order valence-electron chi connectivity index (χ1n) is 7.50. The largest absolute Gasteiger partial charge is 0.495 e. The quantitative estimate of drug-likeness (QED) is 0.563. The van der Waals surface area contributed by atoms with Crippen LogP contribution in [0.3, 0.4) is 0 Å². The third kappa shape index (κ3) is 4.82. The number of nitrogens with zero attached hydrogens (tertiary/aromatic N) is 3. The first-order valence-corrected chi connectivity index (χ1v) is 7.88. The Morgan fingerprint density at radius 1 is 1.19 bits per heavy atom. The lowest BCUT2D eigenvalue weighted by atomic mass is 10.2. The van der Waals surface area contributed by atoms with Crippen molar-refractivity contribution in [3.05, 3.63) is 61.6 Å². The maximum absolute atomic E-state index is 12.3. The zero-order valence-electron chi connectivity index (χ0n) is 14.3. The van der Waals surface area contributed by atoms with Gasteiger partial charge >= 0.3 is 0 Å². The lowest BCUT2D eigenvalue weighted by Gasteiger charge is -2.19. The molecule has 1 N–H and O–H groups in total. The van der Waals surface area contributed by atoms with Gasteiger partial charge in [0.15, 0.2) is 0 Å². The number of anilines is 2. The molecule has 1 amide bonds. The van der Waals surface area contributed by atoms with E-state index in [0.717, 1.165) is 12.1 Å². The van der Waals surface area contributed by atoms with Crippen molar-refractivity contribution in [2.75, 3.05) is 30.9 Å². The van der Waals surface area contributed by atoms with E-state index in [-0.39, 0.29) is 12.2 Å². The van der Waals surface area contributed by atoms with Crippen LogP contribution >= 0.6 is 11.6 Å². The first kappa shape index (κ1) is 19.9. The highest BCUT2D eigenvalue weighted by atomic mass is 35.5. The van der Waals surface area contributed by atoms with E-state index in [0.29, 0.717) is 16.5 Å². The van der Waals surface area contributed by atoms with Gasteiger partial charge in [-0.3, -0.25) is 25.0 Å². The summed E-state index contributed by atoms with van der Waals surface area (Å²) in [6.07, 6.45) is 0. The molecule has 0 heterocycles. The van der Waals surface area contributed by atoms with Gasteiger partial charge in [0.25, 0.3) is 11.4 Å². The number of nitro benzene ring substituents is 2. The van der Waals surface area contributed by atoms with Gasteiger partial charge in [-0.05, 0) is 24.3 Å². The summed E-state index contributed by atoms with van der Waals surface area (Å²) in [5.41, 5.74) is -0.466. The normalized spacial score (nSPS) is 10.2. The maximum Gasteiger partial charge on any atom is 0.299 e. The molecule has 2 rings (SSSR count). The van der Waals surface area contributed by atoms with E-state index in [2.05, 4.69) is 5.32 Å². The van der Waals surface area contributed by atoms with E-state index >= 15 is 0 Å². The highest BCUT2D eigenvalue weighted by Gasteiger charge is 2.23. The van der Waals surface area contributed by atoms with Gasteiger partial charge in [0.05, 0.1) is 35.3 Å². The number of halogens is 1. The summed E-state index contributed by atoms with van der Waals surface area (Å²) < 4.78 is 5.14. The van der Waals surface area contributed by atoms with Crippen LogP contribution in [0, 0.1) is 20.2 Å². The van der Waals surface area contributed by atoms with Crippen LogP contribution in [-0.4, -0.2) is 36.5 Å². The third-order valence-corrected chi connectivity index (χ3v) is 3.83. The van der Waals surface area contributed by atoms with Gasteiger partial charge in [-0.1, -0.05) is 11.6 Å². The van der Waals surface area contributed by atoms with E-state index in [1.54, 1.807) is 12.1 Å². The van der Waals surface area contributed by atoms with E-state index in [1.807, 2.05) is 0 Å². The standard InChI is InChI=1S/C16H15ClN4O6/c1-19(13-5-4-11(20(23)24)8-14(13)21(25)26)9-16(22)18-12-7-10(17)3-6-15(12)27-2/h3-8H,9H2,1-2H3,(H,18,22). The number of likely N-dealkylation sites (N-methyl/N-ethyl adjacent to an activating group) is 1. The van der Waals surface area contributed by atoms with Crippen LogP contribution in [-0.2, 0) is 4.79 Å². The predicted octanol–water partition coefficient (Wildman–Crippen LogP) is 3.24. The molecular formula is C16H15ClN4O6. The average Bonchev–Trinajstić information content (AvgIpc) is 2.61. The number of hydrogen-bond donors (Lipinski definition) is 1. The topological polar surface area (TPSA) is 128 Å². The third-order valence-electron chi connectivity index (χ3n) is 3.59. The van der Waals surface area contributed by atoms with E-state index in [4.69, 9.17) is 16.3 Å². The number of methoxy groups -OCH3 is 1. The molecule has 0 unspecified atom stereocenters. The van der Waals surface area contributed by atoms with Crippen molar-refractivity contribution in [1.82, 2.24) is 0 Å². The van der Waals surface area contributed by atoms with Crippen molar-refractivity contribution >= 4 is 40.3 Å². The molecule has 0 aromatic heterocycles. The zero-order chi connectivity index (χ0) is 20.1. The van der Waals surface area contributed by atoms with Crippen molar-refractivity contribution in [3.63, 3.8) is 0 Å². The number of carbonyl (C=O) groups is 1. The Labute approximate surface area is 158 Å². The smallest absolute Gasteiger partial charge is 0.299 e. The zero-order valence-corrected chi connectivity index (χ0v) is 15.1. The molecule has 0 spiro atoms. The summed E-state index contributed by atoms with van der Waals surface area (Å²) in [6, 6.07) is 7.90. The molecule has 142 valence electrons. The number of nitrogens with one attached hydrogen (secondary N) is 1. The first-order chi connectivity index (χ1) is 12.7. The summed E-state index contributed by atoms with van der Waals surface area (Å²) in [7, 11) is 2.90. The maximum atomic E-state index is 12.3. The van der Waals surface area contributed by atoms with Crippen LogP contribution in [0.4, 0.5) is 22.7 Å². The van der Waals surface area contributed by atoms with E-state index < -0.39 is 27.1 Å². The van der Waals surface area contributed by atoms with E-state index in [1.165, 1.54) is 31.2 Å². The van der Waals surface area contributed by atoms with Crippen molar-refractivity contribution in [3.8, 4) is 5.75 Å². The summed E-state index contributed by atoms with van der Waals surface area (Å²) >= 11 is 5.91. The minimum atomic E-state index is -0.739. The summed E-state index contributed by atoms with van der Waals surface area (Å²) in [6.45, 7) is -0.242. The Balaban J connectivity index is 2.21.